The molecule has 0 spiro atoms. The van der Waals surface area contributed by atoms with Crippen LogP contribution in [0.3, 0.4) is 0 Å². The first-order valence-corrected chi connectivity index (χ1v) is 9.27. The van der Waals surface area contributed by atoms with E-state index in [1.807, 2.05) is 42.3 Å². The van der Waals surface area contributed by atoms with Gasteiger partial charge < -0.3 is 19.3 Å². The van der Waals surface area contributed by atoms with E-state index in [0.717, 1.165) is 11.1 Å². The van der Waals surface area contributed by atoms with Crippen LogP contribution in [-0.2, 0) is 17.9 Å². The molecule has 0 aromatic heterocycles. The Labute approximate surface area is 170 Å². The smallest absolute Gasteiger partial charge is 0.161 e. The Hall–Kier alpha value is -1.50. The van der Waals surface area contributed by atoms with Crippen molar-refractivity contribution in [1.29, 1.82) is 0 Å². The lowest BCUT2D eigenvalue weighted by atomic mass is 10.2. The number of halogens is 2. The van der Waals surface area contributed by atoms with E-state index < -0.39 is 6.10 Å². The first-order valence-electron chi connectivity index (χ1n) is 8.52. The van der Waals surface area contributed by atoms with Gasteiger partial charge in [0.25, 0.3) is 0 Å². The summed E-state index contributed by atoms with van der Waals surface area (Å²) in [7, 11) is 5.12. The van der Waals surface area contributed by atoms with E-state index in [1.54, 1.807) is 20.3 Å². The monoisotopic (exact) mass is 413 g/mol. The number of likely N-dealkylation sites (N-methyl/N-ethyl adjacent to an activating group) is 1. The van der Waals surface area contributed by atoms with Gasteiger partial charge in [0.1, 0.15) is 0 Å². The Balaban J connectivity index is 1.76. The van der Waals surface area contributed by atoms with Crippen molar-refractivity contribution >= 4 is 23.2 Å². The Morgan fingerprint density at radius 1 is 0.963 bits per heavy atom. The normalized spacial score (nSPS) is 12.3. The number of ether oxygens (including phenoxy) is 3. The number of nitrogens with zero attached hydrogens (tertiary/aromatic N) is 1. The quantitative estimate of drug-likeness (QED) is 0.637. The van der Waals surface area contributed by atoms with E-state index in [1.165, 1.54) is 0 Å². The van der Waals surface area contributed by atoms with Crippen molar-refractivity contribution in [2.75, 3.05) is 34.4 Å². The molecule has 0 aliphatic rings. The van der Waals surface area contributed by atoms with Crippen LogP contribution in [0.2, 0.25) is 10.0 Å². The average Bonchev–Trinajstić information content (AvgIpc) is 2.64. The highest BCUT2D eigenvalue weighted by Gasteiger charge is 2.11. The van der Waals surface area contributed by atoms with Gasteiger partial charge in [0.15, 0.2) is 11.5 Å². The van der Waals surface area contributed by atoms with Gasteiger partial charge in [0.2, 0.25) is 0 Å². The SMILES string of the molecule is COc1ccc(COC[C@H](O)CN(C)Cc2ccc(Cl)c(Cl)c2)cc1OC. The lowest BCUT2D eigenvalue weighted by molar-refractivity contribution is 0.0126. The van der Waals surface area contributed by atoms with Crippen molar-refractivity contribution in [3.63, 3.8) is 0 Å². The average molecular weight is 414 g/mol. The van der Waals surface area contributed by atoms with Crippen LogP contribution in [0.15, 0.2) is 36.4 Å². The zero-order valence-electron chi connectivity index (χ0n) is 15.7. The molecule has 0 radical (unpaired) electrons. The fourth-order valence-corrected chi connectivity index (χ4v) is 3.03. The molecule has 0 aliphatic carbocycles. The molecule has 5 nitrogen and oxygen atoms in total. The van der Waals surface area contributed by atoms with Crippen LogP contribution in [0.25, 0.3) is 0 Å². The van der Waals surface area contributed by atoms with E-state index in [-0.39, 0.29) is 6.61 Å². The van der Waals surface area contributed by atoms with Gasteiger partial charge in [-0.1, -0.05) is 35.3 Å². The fraction of sp³-hybridized carbons (Fsp3) is 0.400. The number of rotatable bonds is 10. The summed E-state index contributed by atoms with van der Waals surface area (Å²) >= 11 is 12.0. The minimum atomic E-state index is -0.599. The predicted octanol–water partition coefficient (Wildman–Crippen LogP) is 4.02. The van der Waals surface area contributed by atoms with E-state index in [4.69, 9.17) is 37.4 Å². The second-order valence-corrected chi connectivity index (χ2v) is 7.12. The molecule has 148 valence electrons. The molecule has 0 amide bonds. The summed E-state index contributed by atoms with van der Waals surface area (Å²) in [6, 6.07) is 11.1. The topological polar surface area (TPSA) is 51.2 Å². The molecular weight excluding hydrogens is 389 g/mol. The Morgan fingerprint density at radius 2 is 1.67 bits per heavy atom. The maximum absolute atomic E-state index is 10.2. The van der Waals surface area contributed by atoms with Crippen molar-refractivity contribution in [2.45, 2.75) is 19.3 Å². The highest BCUT2D eigenvalue weighted by atomic mass is 35.5. The molecule has 1 atom stereocenters. The molecule has 2 aromatic rings. The first-order chi connectivity index (χ1) is 12.9. The summed E-state index contributed by atoms with van der Waals surface area (Å²) in [6.45, 7) is 1.75. The van der Waals surface area contributed by atoms with E-state index >= 15 is 0 Å². The van der Waals surface area contributed by atoms with Gasteiger partial charge in [-0.25, -0.2) is 0 Å². The van der Waals surface area contributed by atoms with E-state index in [9.17, 15) is 5.11 Å². The van der Waals surface area contributed by atoms with Crippen LogP contribution in [0, 0.1) is 0 Å². The van der Waals surface area contributed by atoms with Gasteiger partial charge in [-0.2, -0.15) is 0 Å². The second-order valence-electron chi connectivity index (χ2n) is 6.30. The number of hydrogen-bond acceptors (Lipinski definition) is 5. The van der Waals surface area contributed by atoms with Crippen LogP contribution in [-0.4, -0.2) is 50.5 Å². The van der Waals surface area contributed by atoms with Crippen molar-refractivity contribution < 1.29 is 19.3 Å². The maximum atomic E-state index is 10.2. The van der Waals surface area contributed by atoms with Gasteiger partial charge in [-0.05, 0) is 42.4 Å². The summed E-state index contributed by atoms with van der Waals surface area (Å²) in [5.74, 6) is 1.32. The summed E-state index contributed by atoms with van der Waals surface area (Å²) in [5, 5.41) is 11.3. The van der Waals surface area contributed by atoms with Gasteiger partial charge in [0.05, 0.1) is 43.6 Å². The van der Waals surface area contributed by atoms with Crippen LogP contribution < -0.4 is 9.47 Å². The summed E-state index contributed by atoms with van der Waals surface area (Å²) < 4.78 is 16.1. The van der Waals surface area contributed by atoms with Gasteiger partial charge in [0, 0.05) is 13.1 Å². The van der Waals surface area contributed by atoms with Crippen LogP contribution in [0.4, 0.5) is 0 Å². The van der Waals surface area contributed by atoms with Crippen LogP contribution >= 0.6 is 23.2 Å². The van der Waals surface area contributed by atoms with E-state index in [2.05, 4.69) is 0 Å². The third-order valence-corrected chi connectivity index (χ3v) is 4.72. The molecule has 27 heavy (non-hydrogen) atoms. The fourth-order valence-electron chi connectivity index (χ4n) is 2.71. The highest BCUT2D eigenvalue weighted by Crippen LogP contribution is 2.27. The van der Waals surface area contributed by atoms with Gasteiger partial charge in [-0.3, -0.25) is 4.90 Å². The van der Waals surface area contributed by atoms with Crippen LogP contribution in [0.1, 0.15) is 11.1 Å². The number of aliphatic hydroxyl groups is 1. The number of methoxy groups -OCH3 is 2. The largest absolute Gasteiger partial charge is 0.493 e. The number of benzene rings is 2. The van der Waals surface area contributed by atoms with Gasteiger partial charge in [-0.15, -0.1) is 0 Å². The molecule has 0 aliphatic heterocycles. The zero-order chi connectivity index (χ0) is 19.8. The lowest BCUT2D eigenvalue weighted by Gasteiger charge is -2.21. The lowest BCUT2D eigenvalue weighted by Crippen LogP contribution is -2.31. The Morgan fingerprint density at radius 3 is 2.33 bits per heavy atom. The van der Waals surface area contributed by atoms with Crippen molar-refractivity contribution in [1.82, 2.24) is 4.90 Å². The molecule has 0 bridgehead atoms. The van der Waals surface area contributed by atoms with E-state index in [0.29, 0.717) is 41.2 Å². The summed E-state index contributed by atoms with van der Waals surface area (Å²) in [4.78, 5) is 2.00. The Bertz CT molecular complexity index is 742. The molecule has 1 N–H and O–H groups in total. The van der Waals surface area contributed by atoms with Crippen molar-refractivity contribution in [3.8, 4) is 11.5 Å². The molecule has 7 heteroatoms. The maximum Gasteiger partial charge on any atom is 0.161 e. The van der Waals surface area contributed by atoms with Crippen molar-refractivity contribution in [2.24, 2.45) is 0 Å². The molecular formula is C20H25Cl2NO4. The standard InChI is InChI=1S/C20H25Cl2NO4/c1-23(10-14-4-6-17(21)18(22)8-14)11-16(24)13-27-12-15-5-7-19(25-2)20(9-15)26-3/h4-9,16,24H,10-13H2,1-3H3/t16-/m1/s1. The molecule has 0 saturated heterocycles. The molecule has 2 rings (SSSR count). The molecule has 2 aromatic carbocycles. The zero-order valence-corrected chi connectivity index (χ0v) is 17.3. The number of aliphatic hydroxyl groups excluding tert-OH is 1. The number of hydrogen-bond donors (Lipinski definition) is 1. The predicted molar refractivity (Wildman–Crippen MR) is 108 cm³/mol. The second kappa shape index (κ2) is 10.7. The molecule has 0 heterocycles. The summed E-state index contributed by atoms with van der Waals surface area (Å²) in [6.07, 6.45) is -0.599. The Kier molecular flexibility index (Phi) is 8.67. The first kappa shape index (κ1) is 21.8. The molecule has 0 fully saturated rings. The van der Waals surface area contributed by atoms with Crippen molar-refractivity contribution in [3.05, 3.63) is 57.6 Å². The minimum Gasteiger partial charge on any atom is -0.493 e. The summed E-state index contributed by atoms with van der Waals surface area (Å²) in [5.41, 5.74) is 1.98. The molecule has 0 saturated carbocycles. The minimum absolute atomic E-state index is 0.236. The molecule has 0 unspecified atom stereocenters. The highest BCUT2D eigenvalue weighted by molar-refractivity contribution is 6.42. The third kappa shape index (κ3) is 6.87. The van der Waals surface area contributed by atoms with Gasteiger partial charge >= 0.3 is 0 Å². The van der Waals surface area contributed by atoms with Crippen LogP contribution in [0.5, 0.6) is 11.5 Å². The third-order valence-electron chi connectivity index (χ3n) is 3.99.